The van der Waals surface area contributed by atoms with Gasteiger partial charge in [0.25, 0.3) is 23.3 Å². The van der Waals surface area contributed by atoms with Crippen LogP contribution in [0.15, 0.2) is 53.5 Å². The van der Waals surface area contributed by atoms with Gasteiger partial charge in [0.2, 0.25) is 17.8 Å². The number of hydrogen-bond acceptors (Lipinski definition) is 13. The molecular weight excluding hydrogens is 852 g/mol. The third kappa shape index (κ3) is 8.75. The van der Waals surface area contributed by atoms with Gasteiger partial charge in [-0.1, -0.05) is 17.7 Å². The minimum Gasteiger partial charge on any atom is -0.478 e. The Balaban J connectivity index is 0.771. The van der Waals surface area contributed by atoms with Crippen molar-refractivity contribution in [3.63, 3.8) is 0 Å². The van der Waals surface area contributed by atoms with Crippen LogP contribution in [0.4, 0.5) is 23.1 Å². The minimum absolute atomic E-state index is 0.0900. The molecule has 2 aromatic heterocycles. The van der Waals surface area contributed by atoms with E-state index in [-0.39, 0.29) is 54.0 Å². The van der Waals surface area contributed by atoms with Gasteiger partial charge in [0.1, 0.15) is 11.1 Å². The van der Waals surface area contributed by atoms with Crippen molar-refractivity contribution in [3.05, 3.63) is 75.2 Å². The number of imide groups is 2. The molecule has 7 heterocycles. The van der Waals surface area contributed by atoms with Gasteiger partial charge in [0, 0.05) is 63.3 Å². The molecule has 5 aliphatic heterocycles. The first kappa shape index (κ1) is 44.1. The lowest BCUT2D eigenvalue weighted by molar-refractivity contribution is -0.136. The van der Waals surface area contributed by atoms with E-state index in [1.807, 2.05) is 44.2 Å². The molecule has 2 aromatic carbocycles. The average molecular weight is 907 g/mol. The SMILES string of the molecule is CNC(=O)COc1cc2cc(Nc3nc(N4CCC(CN5CCC6(CC5)CCN(c5cccc7c5C(=O)N(C5CCC(=O)NC5=O)C7=O)CC6)CC4)ncc3Cl)ccc2n(C(C)C)c1=O. The van der Waals surface area contributed by atoms with Crippen molar-refractivity contribution in [1.82, 2.24) is 35.0 Å². The fraction of sp³-hybridized carbons (Fsp3) is 0.489. The van der Waals surface area contributed by atoms with Gasteiger partial charge < -0.3 is 34.6 Å². The number of halogens is 1. The van der Waals surface area contributed by atoms with Crippen LogP contribution in [0.3, 0.4) is 0 Å². The molecule has 1 atom stereocenters. The number of fused-ring (bicyclic) bond motifs is 2. The summed E-state index contributed by atoms with van der Waals surface area (Å²) in [5, 5.41) is 9.27. The summed E-state index contributed by atoms with van der Waals surface area (Å²) in [6.07, 6.45) is 8.19. The predicted octanol–water partition coefficient (Wildman–Crippen LogP) is 4.89. The average Bonchev–Trinajstić information content (AvgIpc) is 3.56. The number of piperidine rings is 4. The maximum Gasteiger partial charge on any atom is 0.293 e. The number of ether oxygens (including phenoxy) is 1. The number of hydrogen-bond donors (Lipinski definition) is 3. The normalized spacial score (nSPS) is 20.4. The Morgan fingerprint density at radius 3 is 2.37 bits per heavy atom. The van der Waals surface area contributed by atoms with Crippen LogP contribution in [0.5, 0.6) is 5.75 Å². The van der Waals surface area contributed by atoms with Gasteiger partial charge in [-0.25, -0.2) is 4.98 Å². The van der Waals surface area contributed by atoms with Crippen LogP contribution < -0.4 is 36.0 Å². The van der Waals surface area contributed by atoms with Crippen LogP contribution in [-0.4, -0.2) is 119 Å². The zero-order valence-electron chi connectivity index (χ0n) is 37.0. The second-order valence-electron chi connectivity index (χ2n) is 18.4. The molecule has 0 bridgehead atoms. The molecular formula is C47H55ClN10O7. The Hall–Kier alpha value is -6.07. The third-order valence-corrected chi connectivity index (χ3v) is 14.4. The standard InChI is InChI=1S/C47H55ClN10O7/c1-28(2)57-34-8-7-31(23-30(34)24-37(44(57)63)65-27-39(60)49-3)51-41-33(48)25-50-46(53-41)56-17-11-29(12-18-56)26-54-19-13-47(14-20-54)15-21-55(22-16-47)35-6-4-5-32-40(35)45(64)58(43(32)62)36-9-10-38(59)52-42(36)61/h4-8,23-25,28-29,36H,9-22,26-27H2,1-3H3,(H,49,60)(H,50,51,53)(H,52,59,61). The maximum atomic E-state index is 13.7. The Kier molecular flexibility index (Phi) is 12.3. The highest BCUT2D eigenvalue weighted by molar-refractivity contribution is 6.33. The van der Waals surface area contributed by atoms with E-state index in [2.05, 4.69) is 35.6 Å². The molecule has 342 valence electrons. The Bertz CT molecular complexity index is 2610. The first-order valence-corrected chi connectivity index (χ1v) is 23.1. The third-order valence-electron chi connectivity index (χ3n) is 14.1. The van der Waals surface area contributed by atoms with Crippen LogP contribution in [0, 0.1) is 11.3 Å². The summed E-state index contributed by atoms with van der Waals surface area (Å²) in [5.41, 5.74) is 2.83. The summed E-state index contributed by atoms with van der Waals surface area (Å²) in [5.74, 6) is -0.502. The molecule has 0 saturated carbocycles. The summed E-state index contributed by atoms with van der Waals surface area (Å²) >= 11 is 6.63. The van der Waals surface area contributed by atoms with E-state index in [4.69, 9.17) is 21.3 Å². The summed E-state index contributed by atoms with van der Waals surface area (Å²) in [6.45, 7) is 10.0. The van der Waals surface area contributed by atoms with E-state index in [1.54, 1.807) is 22.9 Å². The number of anilines is 4. The van der Waals surface area contributed by atoms with Crippen LogP contribution in [0.1, 0.15) is 92.0 Å². The van der Waals surface area contributed by atoms with Crippen molar-refractivity contribution in [1.29, 1.82) is 0 Å². The zero-order chi connectivity index (χ0) is 45.6. The van der Waals surface area contributed by atoms with E-state index >= 15 is 0 Å². The van der Waals surface area contributed by atoms with Gasteiger partial charge in [0.05, 0.1) is 28.5 Å². The highest BCUT2D eigenvalue weighted by atomic mass is 35.5. The molecule has 0 aliphatic carbocycles. The fourth-order valence-corrected chi connectivity index (χ4v) is 10.5. The van der Waals surface area contributed by atoms with Gasteiger partial charge in [0.15, 0.2) is 18.2 Å². The van der Waals surface area contributed by atoms with Crippen molar-refractivity contribution in [2.75, 3.05) is 74.6 Å². The van der Waals surface area contributed by atoms with E-state index in [9.17, 15) is 28.8 Å². The number of nitrogens with one attached hydrogen (secondary N) is 3. The highest BCUT2D eigenvalue weighted by Crippen LogP contribution is 2.44. The number of likely N-dealkylation sites (tertiary alicyclic amines) is 1. The molecule has 18 heteroatoms. The molecule has 4 saturated heterocycles. The summed E-state index contributed by atoms with van der Waals surface area (Å²) in [6, 6.07) is 11.6. The van der Waals surface area contributed by atoms with Crippen LogP contribution in [0.25, 0.3) is 10.9 Å². The molecule has 4 aromatic rings. The van der Waals surface area contributed by atoms with Gasteiger partial charge in [-0.3, -0.25) is 39.0 Å². The number of carbonyl (C=O) groups is 5. The molecule has 3 N–H and O–H groups in total. The number of nitrogens with zero attached hydrogens (tertiary/aromatic N) is 7. The summed E-state index contributed by atoms with van der Waals surface area (Å²) in [4.78, 5) is 94.2. The van der Waals surface area contributed by atoms with E-state index in [1.165, 1.54) is 7.05 Å². The Morgan fingerprint density at radius 2 is 1.66 bits per heavy atom. The number of aromatic nitrogens is 3. The smallest absolute Gasteiger partial charge is 0.293 e. The van der Waals surface area contributed by atoms with Crippen molar-refractivity contribution < 1.29 is 28.7 Å². The number of benzene rings is 2. The monoisotopic (exact) mass is 906 g/mol. The molecule has 5 aliphatic rings. The lowest BCUT2D eigenvalue weighted by Crippen LogP contribution is -2.54. The van der Waals surface area contributed by atoms with Crippen LogP contribution in [0.2, 0.25) is 5.02 Å². The minimum atomic E-state index is -0.982. The Morgan fingerprint density at radius 1 is 0.923 bits per heavy atom. The highest BCUT2D eigenvalue weighted by Gasteiger charge is 2.47. The van der Waals surface area contributed by atoms with Crippen LogP contribution in [-0.2, 0) is 14.4 Å². The Labute approximate surface area is 381 Å². The van der Waals surface area contributed by atoms with Crippen molar-refractivity contribution in [2.45, 2.75) is 77.3 Å². The lowest BCUT2D eigenvalue weighted by Gasteiger charge is -2.48. The van der Waals surface area contributed by atoms with Gasteiger partial charge in [-0.2, -0.15) is 4.98 Å². The molecule has 0 radical (unpaired) electrons. The topological polar surface area (TPSA) is 191 Å². The number of likely N-dealkylation sites (N-methyl/N-ethyl adjacent to an activating group) is 1. The first-order valence-electron chi connectivity index (χ1n) is 22.7. The van der Waals surface area contributed by atoms with E-state index in [0.29, 0.717) is 33.8 Å². The van der Waals surface area contributed by atoms with E-state index < -0.39 is 23.8 Å². The molecule has 1 unspecified atom stereocenters. The van der Waals surface area contributed by atoms with Crippen molar-refractivity contribution in [3.8, 4) is 5.75 Å². The van der Waals surface area contributed by atoms with Crippen LogP contribution >= 0.6 is 11.6 Å². The van der Waals surface area contributed by atoms with Crippen molar-refractivity contribution >= 4 is 75.2 Å². The number of rotatable bonds is 11. The fourth-order valence-electron chi connectivity index (χ4n) is 10.3. The molecule has 9 rings (SSSR count). The quantitative estimate of drug-likeness (QED) is 0.173. The lowest BCUT2D eigenvalue weighted by atomic mass is 9.71. The number of pyridine rings is 1. The second kappa shape index (κ2) is 18.1. The summed E-state index contributed by atoms with van der Waals surface area (Å²) < 4.78 is 7.28. The van der Waals surface area contributed by atoms with E-state index in [0.717, 1.165) is 112 Å². The van der Waals surface area contributed by atoms with Crippen molar-refractivity contribution in [2.24, 2.45) is 11.3 Å². The maximum absolute atomic E-state index is 13.7. The molecule has 1 spiro atoms. The van der Waals surface area contributed by atoms with Gasteiger partial charge in [-0.15, -0.1) is 0 Å². The molecule has 5 amide bonds. The zero-order valence-corrected chi connectivity index (χ0v) is 37.8. The largest absolute Gasteiger partial charge is 0.478 e. The summed E-state index contributed by atoms with van der Waals surface area (Å²) in [7, 11) is 1.51. The predicted molar refractivity (Wildman–Crippen MR) is 246 cm³/mol. The second-order valence-corrected chi connectivity index (χ2v) is 18.8. The van der Waals surface area contributed by atoms with Gasteiger partial charge in [-0.05, 0) is 120 Å². The molecule has 4 fully saturated rings. The molecule has 17 nitrogen and oxygen atoms in total. The number of amides is 5. The van der Waals surface area contributed by atoms with Gasteiger partial charge >= 0.3 is 0 Å². The molecule has 65 heavy (non-hydrogen) atoms. The number of carbonyl (C=O) groups excluding carboxylic acids is 5. The first-order chi connectivity index (χ1) is 31.3.